The number of carbonyl (C=O) groups excluding carboxylic acids is 1. The SMILES string of the molecule is Cc1nccc(CNC2(C)CCN(C(=O)OC(C)(C)C)CC2)n1. The van der Waals surface area contributed by atoms with Crippen molar-refractivity contribution >= 4 is 6.09 Å². The van der Waals surface area contributed by atoms with Crippen molar-refractivity contribution < 1.29 is 9.53 Å². The lowest BCUT2D eigenvalue weighted by Gasteiger charge is -2.40. The number of ether oxygens (including phenoxy) is 1. The van der Waals surface area contributed by atoms with E-state index in [0.29, 0.717) is 19.6 Å². The van der Waals surface area contributed by atoms with Crippen LogP contribution in [0.25, 0.3) is 0 Å². The van der Waals surface area contributed by atoms with Crippen molar-refractivity contribution in [3.63, 3.8) is 0 Å². The number of likely N-dealkylation sites (tertiary alicyclic amines) is 1. The van der Waals surface area contributed by atoms with Crippen LogP contribution < -0.4 is 5.32 Å². The van der Waals surface area contributed by atoms with Crippen LogP contribution in [0.4, 0.5) is 4.79 Å². The zero-order valence-electron chi connectivity index (χ0n) is 14.8. The minimum atomic E-state index is -0.443. The molecule has 1 aliphatic rings. The van der Waals surface area contributed by atoms with Crippen LogP contribution in [-0.2, 0) is 11.3 Å². The van der Waals surface area contributed by atoms with Crippen molar-refractivity contribution in [2.45, 2.75) is 65.1 Å². The predicted molar refractivity (Wildman–Crippen MR) is 89.1 cm³/mol. The first kappa shape index (κ1) is 17.7. The van der Waals surface area contributed by atoms with Crippen LogP contribution in [0.15, 0.2) is 12.3 Å². The van der Waals surface area contributed by atoms with Crippen LogP contribution in [0.2, 0.25) is 0 Å². The third-order valence-electron chi connectivity index (χ3n) is 4.05. The molecule has 6 heteroatoms. The van der Waals surface area contributed by atoms with E-state index in [-0.39, 0.29) is 11.6 Å². The van der Waals surface area contributed by atoms with E-state index < -0.39 is 5.60 Å². The number of hydrogen-bond acceptors (Lipinski definition) is 5. The van der Waals surface area contributed by atoms with Gasteiger partial charge < -0.3 is 15.0 Å². The largest absolute Gasteiger partial charge is 0.444 e. The molecule has 1 saturated heterocycles. The molecule has 0 atom stereocenters. The highest BCUT2D eigenvalue weighted by Gasteiger charge is 2.33. The van der Waals surface area contributed by atoms with Crippen molar-refractivity contribution in [2.75, 3.05) is 13.1 Å². The molecule has 1 aromatic rings. The van der Waals surface area contributed by atoms with Gasteiger partial charge in [0.05, 0.1) is 5.69 Å². The maximum atomic E-state index is 12.1. The smallest absolute Gasteiger partial charge is 0.410 e. The average Bonchev–Trinajstić information content (AvgIpc) is 2.44. The molecule has 1 aliphatic heterocycles. The predicted octanol–water partition coefficient (Wildman–Crippen LogP) is 2.66. The number of nitrogens with one attached hydrogen (secondary N) is 1. The number of aryl methyl sites for hydroxylation is 1. The minimum Gasteiger partial charge on any atom is -0.444 e. The van der Waals surface area contributed by atoms with E-state index in [0.717, 1.165) is 24.4 Å². The van der Waals surface area contributed by atoms with E-state index in [1.54, 1.807) is 11.1 Å². The van der Waals surface area contributed by atoms with Crippen molar-refractivity contribution in [1.29, 1.82) is 0 Å². The maximum absolute atomic E-state index is 12.1. The Morgan fingerprint density at radius 1 is 1.39 bits per heavy atom. The number of nitrogens with zero attached hydrogens (tertiary/aromatic N) is 3. The van der Waals surface area contributed by atoms with E-state index >= 15 is 0 Å². The van der Waals surface area contributed by atoms with Gasteiger partial charge >= 0.3 is 6.09 Å². The molecule has 1 fully saturated rings. The van der Waals surface area contributed by atoms with Gasteiger partial charge in [-0.25, -0.2) is 14.8 Å². The number of aromatic nitrogens is 2. The van der Waals surface area contributed by atoms with Crippen LogP contribution in [0.5, 0.6) is 0 Å². The molecule has 0 aromatic carbocycles. The molecule has 128 valence electrons. The first-order valence-corrected chi connectivity index (χ1v) is 8.18. The summed E-state index contributed by atoms with van der Waals surface area (Å²) in [6.07, 6.45) is 3.37. The van der Waals surface area contributed by atoms with E-state index in [4.69, 9.17) is 4.74 Å². The second-order valence-corrected chi connectivity index (χ2v) is 7.48. The first-order valence-electron chi connectivity index (χ1n) is 8.18. The summed E-state index contributed by atoms with van der Waals surface area (Å²) < 4.78 is 5.44. The Morgan fingerprint density at radius 3 is 2.61 bits per heavy atom. The van der Waals surface area contributed by atoms with E-state index in [2.05, 4.69) is 22.2 Å². The molecule has 1 amide bonds. The molecule has 23 heavy (non-hydrogen) atoms. The monoisotopic (exact) mass is 320 g/mol. The molecular weight excluding hydrogens is 292 g/mol. The summed E-state index contributed by atoms with van der Waals surface area (Å²) in [5.41, 5.74) is 0.562. The summed E-state index contributed by atoms with van der Waals surface area (Å²) in [7, 11) is 0. The molecule has 2 rings (SSSR count). The second-order valence-electron chi connectivity index (χ2n) is 7.48. The van der Waals surface area contributed by atoms with E-state index in [1.165, 1.54) is 0 Å². The molecule has 0 aliphatic carbocycles. The van der Waals surface area contributed by atoms with Crippen LogP contribution in [0.1, 0.15) is 52.1 Å². The summed E-state index contributed by atoms with van der Waals surface area (Å²) in [6, 6.07) is 1.93. The number of piperidine rings is 1. The Balaban J connectivity index is 1.83. The average molecular weight is 320 g/mol. The van der Waals surface area contributed by atoms with E-state index in [1.807, 2.05) is 33.8 Å². The number of amides is 1. The topological polar surface area (TPSA) is 67.4 Å². The standard InChI is InChI=1S/C17H28N4O2/c1-13-18-9-6-14(20-13)12-19-17(5)7-10-21(11-8-17)15(22)23-16(2,3)4/h6,9,19H,7-8,10-12H2,1-5H3. The number of carbonyl (C=O) groups is 1. The normalized spacial score (nSPS) is 17.9. The Bertz CT molecular complexity index is 546. The van der Waals surface area contributed by atoms with Gasteiger partial charge in [0.2, 0.25) is 0 Å². The van der Waals surface area contributed by atoms with Gasteiger partial charge in [0.15, 0.2) is 0 Å². The minimum absolute atomic E-state index is 0.0113. The third-order valence-corrected chi connectivity index (χ3v) is 4.05. The molecule has 1 N–H and O–H groups in total. The van der Waals surface area contributed by atoms with Crippen LogP contribution >= 0.6 is 0 Å². The lowest BCUT2D eigenvalue weighted by molar-refractivity contribution is 0.0156. The fourth-order valence-electron chi connectivity index (χ4n) is 2.59. The van der Waals surface area contributed by atoms with Crippen molar-refractivity contribution in [2.24, 2.45) is 0 Å². The molecule has 1 aromatic heterocycles. The third kappa shape index (κ3) is 5.46. The zero-order chi connectivity index (χ0) is 17.1. The summed E-state index contributed by atoms with van der Waals surface area (Å²) in [4.78, 5) is 22.4. The molecule has 0 spiro atoms. The second kappa shape index (κ2) is 6.83. The molecule has 0 unspecified atom stereocenters. The summed E-state index contributed by atoms with van der Waals surface area (Å²) in [5, 5.41) is 3.58. The summed E-state index contributed by atoms with van der Waals surface area (Å²) >= 11 is 0. The van der Waals surface area contributed by atoms with Crippen LogP contribution in [0, 0.1) is 6.92 Å². The fraction of sp³-hybridized carbons (Fsp3) is 0.706. The van der Waals surface area contributed by atoms with Gasteiger partial charge in [0, 0.05) is 31.4 Å². The van der Waals surface area contributed by atoms with Gasteiger partial charge in [-0.3, -0.25) is 0 Å². The van der Waals surface area contributed by atoms with Crippen LogP contribution in [-0.4, -0.2) is 45.2 Å². The van der Waals surface area contributed by atoms with Crippen molar-refractivity contribution in [3.05, 3.63) is 23.8 Å². The van der Waals surface area contributed by atoms with Crippen molar-refractivity contribution in [3.8, 4) is 0 Å². The first-order chi connectivity index (χ1) is 10.7. The fourth-order valence-corrected chi connectivity index (χ4v) is 2.59. The molecule has 6 nitrogen and oxygen atoms in total. The van der Waals surface area contributed by atoms with E-state index in [9.17, 15) is 4.79 Å². The van der Waals surface area contributed by atoms with Gasteiger partial charge in [-0.1, -0.05) is 0 Å². The summed E-state index contributed by atoms with van der Waals surface area (Å²) in [5.74, 6) is 0.786. The highest BCUT2D eigenvalue weighted by molar-refractivity contribution is 5.68. The Labute approximate surface area is 138 Å². The summed E-state index contributed by atoms with van der Waals surface area (Å²) in [6.45, 7) is 11.9. The lowest BCUT2D eigenvalue weighted by Crippen LogP contribution is -2.53. The highest BCUT2D eigenvalue weighted by Crippen LogP contribution is 2.23. The molecule has 0 bridgehead atoms. The number of hydrogen-bond donors (Lipinski definition) is 1. The molecule has 2 heterocycles. The Hall–Kier alpha value is -1.69. The Morgan fingerprint density at radius 2 is 2.04 bits per heavy atom. The molecular formula is C17H28N4O2. The van der Waals surface area contributed by atoms with Gasteiger partial charge in [-0.05, 0) is 53.5 Å². The zero-order valence-corrected chi connectivity index (χ0v) is 14.8. The van der Waals surface area contributed by atoms with Gasteiger partial charge in [-0.2, -0.15) is 0 Å². The van der Waals surface area contributed by atoms with Crippen molar-refractivity contribution in [1.82, 2.24) is 20.2 Å². The molecule has 0 radical (unpaired) electrons. The highest BCUT2D eigenvalue weighted by atomic mass is 16.6. The van der Waals surface area contributed by atoms with Gasteiger partial charge in [-0.15, -0.1) is 0 Å². The van der Waals surface area contributed by atoms with Gasteiger partial charge in [0.1, 0.15) is 11.4 Å². The quantitative estimate of drug-likeness (QED) is 0.927. The maximum Gasteiger partial charge on any atom is 0.410 e. The number of rotatable bonds is 3. The van der Waals surface area contributed by atoms with Gasteiger partial charge in [0.25, 0.3) is 0 Å². The lowest BCUT2D eigenvalue weighted by atomic mass is 9.89. The Kier molecular flexibility index (Phi) is 5.24. The van der Waals surface area contributed by atoms with Crippen LogP contribution in [0.3, 0.4) is 0 Å². The molecule has 0 saturated carbocycles.